The van der Waals surface area contributed by atoms with E-state index in [9.17, 15) is 14.3 Å². The van der Waals surface area contributed by atoms with Crippen LogP contribution >= 0.6 is 0 Å². The molecule has 1 aliphatic heterocycles. The third-order valence-electron chi connectivity index (χ3n) is 6.52. The Morgan fingerprint density at radius 2 is 1.97 bits per heavy atom. The van der Waals surface area contributed by atoms with E-state index in [1.54, 1.807) is 4.68 Å². The van der Waals surface area contributed by atoms with E-state index in [0.29, 0.717) is 42.8 Å². The third kappa shape index (κ3) is 3.95. The quantitative estimate of drug-likeness (QED) is 0.582. The maximum atomic E-state index is 14.9. The highest BCUT2D eigenvalue weighted by atomic mass is 19.1. The highest BCUT2D eigenvalue weighted by molar-refractivity contribution is 5.94. The van der Waals surface area contributed by atoms with Crippen LogP contribution in [0.15, 0.2) is 36.4 Å². The number of alkyl halides is 1. The minimum absolute atomic E-state index is 0.113. The number of fused-ring (bicyclic) bond motifs is 1. The van der Waals surface area contributed by atoms with E-state index < -0.39 is 12.1 Å². The number of carboxylic acids is 1. The zero-order valence-corrected chi connectivity index (χ0v) is 17.7. The van der Waals surface area contributed by atoms with E-state index in [1.807, 2.05) is 30.3 Å². The molecule has 8 heteroatoms. The molecule has 1 aliphatic carbocycles. The molecule has 0 spiro atoms. The molecular weight excluding hydrogens is 413 g/mol. The highest BCUT2D eigenvalue weighted by Crippen LogP contribution is 2.42. The van der Waals surface area contributed by atoms with Crippen LogP contribution in [0.5, 0.6) is 5.75 Å². The summed E-state index contributed by atoms with van der Waals surface area (Å²) in [6, 6.07) is 10.9. The van der Waals surface area contributed by atoms with Gasteiger partial charge in [-0.3, -0.25) is 0 Å². The molecule has 2 aromatic heterocycles. The first-order chi connectivity index (χ1) is 15.6. The van der Waals surface area contributed by atoms with Gasteiger partial charge in [-0.05, 0) is 43.7 Å². The summed E-state index contributed by atoms with van der Waals surface area (Å²) in [5.41, 5.74) is 1.91. The zero-order valence-electron chi connectivity index (χ0n) is 17.7. The molecule has 0 radical (unpaired) electrons. The van der Waals surface area contributed by atoms with Gasteiger partial charge >= 0.3 is 5.97 Å². The van der Waals surface area contributed by atoms with Crippen molar-refractivity contribution in [1.29, 1.82) is 0 Å². The van der Waals surface area contributed by atoms with Gasteiger partial charge in [0, 0.05) is 25.2 Å². The first kappa shape index (κ1) is 20.9. The van der Waals surface area contributed by atoms with Gasteiger partial charge in [0.2, 0.25) is 0 Å². The smallest absolute Gasteiger partial charge is 0.354 e. The number of aromatic carboxylic acids is 1. The second kappa shape index (κ2) is 8.86. The van der Waals surface area contributed by atoms with E-state index >= 15 is 0 Å². The molecule has 1 aromatic carbocycles. The van der Waals surface area contributed by atoms with Crippen molar-refractivity contribution < 1.29 is 23.8 Å². The Hall–Kier alpha value is -3.00. The van der Waals surface area contributed by atoms with Gasteiger partial charge in [-0.15, -0.1) is 0 Å². The normalized spacial score (nSPS) is 18.4. The van der Waals surface area contributed by atoms with Gasteiger partial charge in [-0.1, -0.05) is 24.6 Å². The summed E-state index contributed by atoms with van der Waals surface area (Å²) in [6.07, 6.45) is 3.32. The van der Waals surface area contributed by atoms with Crippen LogP contribution < -0.4 is 4.74 Å². The Labute approximate surface area is 185 Å². The van der Waals surface area contributed by atoms with Gasteiger partial charge in [0.15, 0.2) is 11.3 Å². The van der Waals surface area contributed by atoms with Crippen LogP contribution in [0.1, 0.15) is 54.2 Å². The highest BCUT2D eigenvalue weighted by Gasteiger charge is 2.30. The Kier molecular flexibility index (Phi) is 5.78. The molecule has 0 bridgehead atoms. The number of para-hydroxylation sites is 1. The maximum absolute atomic E-state index is 14.9. The van der Waals surface area contributed by atoms with E-state index in [4.69, 9.17) is 14.6 Å². The molecule has 2 aliphatic rings. The Balaban J connectivity index is 1.57. The van der Waals surface area contributed by atoms with Crippen LogP contribution in [0.3, 0.4) is 0 Å². The molecule has 1 N–H and O–H groups in total. The van der Waals surface area contributed by atoms with E-state index in [0.717, 1.165) is 30.6 Å². The predicted octanol–water partition coefficient (Wildman–Crippen LogP) is 4.53. The van der Waals surface area contributed by atoms with Gasteiger partial charge < -0.3 is 14.6 Å². The van der Waals surface area contributed by atoms with Crippen molar-refractivity contribution in [2.75, 3.05) is 19.8 Å². The summed E-state index contributed by atoms with van der Waals surface area (Å²) in [5.74, 6) is -0.674. The predicted molar refractivity (Wildman–Crippen MR) is 116 cm³/mol. The number of ether oxygens (including phenoxy) is 2. The summed E-state index contributed by atoms with van der Waals surface area (Å²) in [4.78, 5) is 16.2. The lowest BCUT2D eigenvalue weighted by Crippen LogP contribution is -2.29. The first-order valence-corrected chi connectivity index (χ1v) is 11.2. The van der Waals surface area contributed by atoms with Crippen LogP contribution in [0, 0.1) is 5.92 Å². The second-order valence-electron chi connectivity index (χ2n) is 8.55. The Bertz CT molecular complexity index is 1110. The largest absolute Gasteiger partial charge is 0.490 e. The number of benzene rings is 1. The summed E-state index contributed by atoms with van der Waals surface area (Å²) in [5, 5.41) is 15.2. The molecule has 7 nitrogen and oxygen atoms in total. The number of nitrogens with zero attached hydrogens (tertiary/aromatic N) is 3. The Morgan fingerprint density at radius 1 is 1.22 bits per heavy atom. The van der Waals surface area contributed by atoms with Crippen LogP contribution in [-0.4, -0.2) is 51.8 Å². The number of carbonyl (C=O) groups is 1. The molecule has 1 saturated heterocycles. The molecule has 3 heterocycles. The molecule has 3 aromatic rings. The summed E-state index contributed by atoms with van der Waals surface area (Å²) in [6.45, 7) is 0.982. The topological polar surface area (TPSA) is 86.5 Å². The molecule has 32 heavy (non-hydrogen) atoms. The molecule has 0 amide bonds. The van der Waals surface area contributed by atoms with Crippen molar-refractivity contribution in [3.63, 3.8) is 0 Å². The molecule has 1 atom stereocenters. The minimum atomic E-state index is -1.16. The maximum Gasteiger partial charge on any atom is 0.354 e. The minimum Gasteiger partial charge on any atom is -0.490 e. The number of carboxylic acid groups (broad SMARTS) is 1. The van der Waals surface area contributed by atoms with Gasteiger partial charge in [-0.25, -0.2) is 18.9 Å². The van der Waals surface area contributed by atoms with Crippen LogP contribution in [0.2, 0.25) is 0 Å². The number of pyridine rings is 1. The molecule has 168 valence electrons. The number of rotatable bonds is 7. The van der Waals surface area contributed by atoms with Gasteiger partial charge in [0.1, 0.15) is 18.5 Å². The van der Waals surface area contributed by atoms with Crippen LogP contribution in [-0.2, 0) is 4.74 Å². The van der Waals surface area contributed by atoms with Crippen molar-refractivity contribution in [1.82, 2.24) is 14.8 Å². The zero-order chi connectivity index (χ0) is 22.1. The summed E-state index contributed by atoms with van der Waals surface area (Å²) < 4.78 is 27.9. The molecule has 1 saturated carbocycles. The molecule has 5 rings (SSSR count). The molecule has 2 fully saturated rings. The van der Waals surface area contributed by atoms with Crippen molar-refractivity contribution in [3.8, 4) is 11.4 Å². The number of hydrogen-bond acceptors (Lipinski definition) is 5. The van der Waals surface area contributed by atoms with Crippen LogP contribution in [0.25, 0.3) is 16.7 Å². The number of hydrogen-bond donors (Lipinski definition) is 1. The fourth-order valence-electron chi connectivity index (χ4n) is 4.43. The fraction of sp³-hybridized carbons (Fsp3) is 0.458. The Morgan fingerprint density at radius 3 is 2.62 bits per heavy atom. The van der Waals surface area contributed by atoms with Gasteiger partial charge in [0.25, 0.3) is 0 Å². The fourth-order valence-corrected chi connectivity index (χ4v) is 4.43. The lowest BCUT2D eigenvalue weighted by atomic mass is 9.82. The van der Waals surface area contributed by atoms with Gasteiger partial charge in [-0.2, -0.15) is 5.10 Å². The van der Waals surface area contributed by atoms with Crippen molar-refractivity contribution in [2.24, 2.45) is 5.92 Å². The van der Waals surface area contributed by atoms with Crippen molar-refractivity contribution >= 4 is 17.0 Å². The van der Waals surface area contributed by atoms with E-state index in [2.05, 4.69) is 4.98 Å². The number of aromatic nitrogens is 3. The third-order valence-corrected chi connectivity index (χ3v) is 6.52. The summed E-state index contributed by atoms with van der Waals surface area (Å²) >= 11 is 0. The second-order valence-corrected chi connectivity index (χ2v) is 8.55. The average molecular weight is 439 g/mol. The van der Waals surface area contributed by atoms with E-state index in [1.165, 1.54) is 6.07 Å². The summed E-state index contributed by atoms with van der Waals surface area (Å²) in [7, 11) is 0. The monoisotopic (exact) mass is 439 g/mol. The lowest BCUT2D eigenvalue weighted by molar-refractivity contribution is 0.0243. The molecule has 1 unspecified atom stereocenters. The van der Waals surface area contributed by atoms with Crippen molar-refractivity contribution in [3.05, 3.63) is 47.8 Å². The van der Waals surface area contributed by atoms with Crippen LogP contribution in [0.4, 0.5) is 4.39 Å². The standard InChI is InChI=1S/C24H26FN3O4/c25-18(15-9-11-31-12-10-15)14-32-20-13-19(24(29)30)26-23-21(20)22(16-5-4-6-16)27-28(23)17-7-2-1-3-8-17/h1-3,7-8,13,15-16,18H,4-6,9-12,14H2,(H,29,30). The first-order valence-electron chi connectivity index (χ1n) is 11.2. The molecular formula is C24H26FN3O4. The number of halogens is 1. The van der Waals surface area contributed by atoms with Crippen molar-refractivity contribution in [2.45, 2.75) is 44.2 Å². The van der Waals surface area contributed by atoms with E-state index in [-0.39, 0.29) is 24.1 Å². The lowest BCUT2D eigenvalue weighted by Gasteiger charge is -2.26. The van der Waals surface area contributed by atoms with Gasteiger partial charge in [0.05, 0.1) is 16.8 Å². The average Bonchev–Trinajstić information content (AvgIpc) is 3.16. The SMILES string of the molecule is O=C(O)c1cc(OCC(F)C2CCOCC2)c2c(C3CCC3)nn(-c3ccccc3)c2n1.